The molecule has 0 spiro atoms. The highest BCUT2D eigenvalue weighted by Gasteiger charge is 2.12. The molecule has 0 radical (unpaired) electrons. The fourth-order valence-electron chi connectivity index (χ4n) is 1.46. The van der Waals surface area contributed by atoms with E-state index in [2.05, 4.69) is 10.6 Å². The zero-order valence-corrected chi connectivity index (χ0v) is 12.4. The summed E-state index contributed by atoms with van der Waals surface area (Å²) in [4.78, 5) is 23.0. The molecule has 0 aliphatic rings. The van der Waals surface area contributed by atoms with E-state index in [4.69, 9.17) is 10.5 Å². The summed E-state index contributed by atoms with van der Waals surface area (Å²) < 4.78 is 17.6. The summed E-state index contributed by atoms with van der Waals surface area (Å²) in [7, 11) is 1.46. The molecule has 118 valence electrons. The van der Waals surface area contributed by atoms with E-state index in [1.807, 2.05) is 0 Å². The van der Waals surface area contributed by atoms with Crippen molar-refractivity contribution in [2.75, 3.05) is 25.5 Å². The van der Waals surface area contributed by atoms with Gasteiger partial charge >= 0.3 is 0 Å². The van der Waals surface area contributed by atoms with E-state index < -0.39 is 5.91 Å². The first-order valence-electron chi connectivity index (χ1n) is 6.10. The van der Waals surface area contributed by atoms with Crippen LogP contribution in [-0.2, 0) is 14.3 Å². The standard InChI is InChI=1S/C13H18FN3O3.ClH/c1-20-11(7-15)6-12(18)16-8-13(19)17-10-4-2-9(14)3-5-10;/h2-5,11H,6-8,15H2,1H3,(H,16,18)(H,17,19);1H. The number of hydrogen-bond acceptors (Lipinski definition) is 4. The van der Waals surface area contributed by atoms with Gasteiger partial charge in [0, 0.05) is 19.3 Å². The highest BCUT2D eigenvalue weighted by molar-refractivity contribution is 5.94. The van der Waals surface area contributed by atoms with Gasteiger partial charge in [-0.15, -0.1) is 12.4 Å². The Labute approximate surface area is 128 Å². The molecule has 6 nitrogen and oxygen atoms in total. The molecule has 1 aromatic carbocycles. The van der Waals surface area contributed by atoms with Gasteiger partial charge in [0.2, 0.25) is 11.8 Å². The summed E-state index contributed by atoms with van der Waals surface area (Å²) in [6, 6.07) is 5.34. The van der Waals surface area contributed by atoms with Crippen molar-refractivity contribution >= 4 is 29.9 Å². The van der Waals surface area contributed by atoms with Crippen LogP contribution in [0.2, 0.25) is 0 Å². The van der Waals surface area contributed by atoms with Crippen molar-refractivity contribution in [1.29, 1.82) is 0 Å². The number of amides is 2. The van der Waals surface area contributed by atoms with E-state index >= 15 is 0 Å². The first-order valence-corrected chi connectivity index (χ1v) is 6.10. The van der Waals surface area contributed by atoms with Crippen LogP contribution in [0.5, 0.6) is 0 Å². The van der Waals surface area contributed by atoms with Crippen molar-refractivity contribution in [3.63, 3.8) is 0 Å². The van der Waals surface area contributed by atoms with Gasteiger partial charge in [-0.2, -0.15) is 0 Å². The minimum atomic E-state index is -0.397. The predicted molar refractivity (Wildman–Crippen MR) is 79.8 cm³/mol. The summed E-state index contributed by atoms with van der Waals surface area (Å²) in [6.07, 6.45) is -0.272. The Kier molecular flexibility index (Phi) is 9.27. The maximum absolute atomic E-state index is 12.7. The molecular weight excluding hydrogens is 301 g/mol. The van der Waals surface area contributed by atoms with Gasteiger partial charge in [-0.1, -0.05) is 0 Å². The van der Waals surface area contributed by atoms with Gasteiger partial charge in [0.15, 0.2) is 0 Å². The number of benzene rings is 1. The number of hydrogen-bond donors (Lipinski definition) is 3. The number of nitrogens with one attached hydrogen (secondary N) is 2. The molecule has 0 aliphatic heterocycles. The van der Waals surface area contributed by atoms with Gasteiger partial charge in [-0.3, -0.25) is 9.59 Å². The van der Waals surface area contributed by atoms with Gasteiger partial charge in [-0.05, 0) is 24.3 Å². The third kappa shape index (κ3) is 7.60. The minimum absolute atomic E-state index is 0. The first-order chi connectivity index (χ1) is 9.55. The molecule has 0 saturated heterocycles. The van der Waals surface area contributed by atoms with Crippen LogP contribution >= 0.6 is 12.4 Å². The fraction of sp³-hybridized carbons (Fsp3) is 0.385. The molecule has 1 rings (SSSR count). The van der Waals surface area contributed by atoms with E-state index in [1.54, 1.807) is 0 Å². The molecule has 0 aromatic heterocycles. The molecule has 1 atom stereocenters. The molecule has 0 saturated carbocycles. The smallest absolute Gasteiger partial charge is 0.243 e. The molecule has 0 heterocycles. The lowest BCUT2D eigenvalue weighted by Crippen LogP contribution is -2.36. The van der Waals surface area contributed by atoms with Crippen molar-refractivity contribution in [2.45, 2.75) is 12.5 Å². The van der Waals surface area contributed by atoms with Crippen molar-refractivity contribution in [2.24, 2.45) is 5.73 Å². The van der Waals surface area contributed by atoms with Gasteiger partial charge in [0.25, 0.3) is 0 Å². The van der Waals surface area contributed by atoms with Crippen molar-refractivity contribution in [1.82, 2.24) is 5.32 Å². The number of halogens is 2. The molecule has 1 aromatic rings. The lowest BCUT2D eigenvalue weighted by Gasteiger charge is -2.12. The Balaban J connectivity index is 0.00000400. The minimum Gasteiger partial charge on any atom is -0.380 e. The maximum atomic E-state index is 12.7. The molecule has 2 amide bonds. The average molecular weight is 320 g/mol. The number of nitrogens with two attached hydrogens (primary N) is 1. The quantitative estimate of drug-likeness (QED) is 0.688. The van der Waals surface area contributed by atoms with Crippen LogP contribution < -0.4 is 16.4 Å². The molecule has 0 fully saturated rings. The first kappa shape index (κ1) is 19.3. The summed E-state index contributed by atoms with van der Waals surface area (Å²) >= 11 is 0. The van der Waals surface area contributed by atoms with Crippen LogP contribution in [0, 0.1) is 5.82 Å². The highest BCUT2D eigenvalue weighted by atomic mass is 35.5. The second-order valence-corrected chi connectivity index (χ2v) is 4.13. The average Bonchev–Trinajstić information content (AvgIpc) is 2.45. The second kappa shape index (κ2) is 10.1. The third-order valence-electron chi connectivity index (χ3n) is 2.58. The molecule has 8 heteroatoms. The van der Waals surface area contributed by atoms with Crippen LogP contribution in [0.1, 0.15) is 6.42 Å². The van der Waals surface area contributed by atoms with E-state index in [-0.39, 0.29) is 49.7 Å². The van der Waals surface area contributed by atoms with Gasteiger partial charge in [-0.25, -0.2) is 4.39 Å². The van der Waals surface area contributed by atoms with Crippen LogP contribution in [0.3, 0.4) is 0 Å². The molecule has 0 aliphatic carbocycles. The summed E-state index contributed by atoms with van der Waals surface area (Å²) in [5.41, 5.74) is 5.85. The van der Waals surface area contributed by atoms with Crippen molar-refractivity contribution in [3.05, 3.63) is 30.1 Å². The van der Waals surface area contributed by atoms with Gasteiger partial charge in [0.05, 0.1) is 19.1 Å². The number of carbonyl (C=O) groups excluding carboxylic acids is 2. The Morgan fingerprint density at radius 2 is 1.90 bits per heavy atom. The van der Waals surface area contributed by atoms with E-state index in [9.17, 15) is 14.0 Å². The topological polar surface area (TPSA) is 93.4 Å². The van der Waals surface area contributed by atoms with Crippen molar-refractivity contribution < 1.29 is 18.7 Å². The Morgan fingerprint density at radius 1 is 1.29 bits per heavy atom. The summed E-state index contributed by atoms with van der Waals surface area (Å²) in [6.45, 7) is 0.0584. The molecular formula is C13H19ClFN3O3. The fourth-order valence-corrected chi connectivity index (χ4v) is 1.46. The Bertz CT molecular complexity index is 452. The molecule has 4 N–H and O–H groups in total. The predicted octanol–water partition coefficient (Wildman–Crippen LogP) is 0.666. The van der Waals surface area contributed by atoms with Crippen LogP contribution in [0.15, 0.2) is 24.3 Å². The number of carbonyl (C=O) groups is 2. The Hall–Kier alpha value is -1.70. The van der Waals surface area contributed by atoms with Gasteiger partial charge < -0.3 is 21.1 Å². The van der Waals surface area contributed by atoms with E-state index in [0.29, 0.717) is 5.69 Å². The SMILES string of the molecule is COC(CN)CC(=O)NCC(=O)Nc1ccc(F)cc1.Cl. The molecule has 1 unspecified atom stereocenters. The zero-order chi connectivity index (χ0) is 15.0. The number of rotatable bonds is 7. The van der Waals surface area contributed by atoms with Crippen molar-refractivity contribution in [3.8, 4) is 0 Å². The maximum Gasteiger partial charge on any atom is 0.243 e. The van der Waals surface area contributed by atoms with Crippen LogP contribution in [-0.4, -0.2) is 38.1 Å². The zero-order valence-electron chi connectivity index (χ0n) is 11.6. The Morgan fingerprint density at radius 3 is 2.43 bits per heavy atom. The monoisotopic (exact) mass is 319 g/mol. The van der Waals surface area contributed by atoms with Gasteiger partial charge in [0.1, 0.15) is 5.82 Å². The van der Waals surface area contributed by atoms with E-state index in [1.165, 1.54) is 31.4 Å². The van der Waals surface area contributed by atoms with Crippen LogP contribution in [0.25, 0.3) is 0 Å². The number of methoxy groups -OCH3 is 1. The largest absolute Gasteiger partial charge is 0.380 e. The van der Waals surface area contributed by atoms with Crippen LogP contribution in [0.4, 0.5) is 10.1 Å². The lowest BCUT2D eigenvalue weighted by atomic mass is 10.2. The lowest BCUT2D eigenvalue weighted by molar-refractivity contribution is -0.125. The number of anilines is 1. The second-order valence-electron chi connectivity index (χ2n) is 4.13. The molecule has 21 heavy (non-hydrogen) atoms. The third-order valence-corrected chi connectivity index (χ3v) is 2.58. The normalized spacial score (nSPS) is 11.2. The van der Waals surface area contributed by atoms with E-state index in [0.717, 1.165) is 0 Å². The summed E-state index contributed by atoms with van der Waals surface area (Å²) in [5.74, 6) is -1.10. The number of ether oxygens (including phenoxy) is 1. The summed E-state index contributed by atoms with van der Waals surface area (Å²) in [5, 5.41) is 4.98. The molecule has 0 bridgehead atoms. The highest BCUT2D eigenvalue weighted by Crippen LogP contribution is 2.07.